The van der Waals surface area contributed by atoms with Gasteiger partial charge in [0.05, 0.1) is 5.02 Å². The molecule has 0 aromatic heterocycles. The van der Waals surface area contributed by atoms with Crippen LogP contribution in [-0.4, -0.2) is 4.99 Å². The van der Waals surface area contributed by atoms with Gasteiger partial charge in [-0.2, -0.15) is 0 Å². The van der Waals surface area contributed by atoms with Gasteiger partial charge in [0, 0.05) is 5.56 Å². The zero-order chi connectivity index (χ0) is 12.3. The number of benzene rings is 2. The van der Waals surface area contributed by atoms with Gasteiger partial charge in [0.25, 0.3) is 0 Å². The molecule has 0 aliphatic heterocycles. The second-order valence-corrected chi connectivity index (χ2v) is 4.27. The summed E-state index contributed by atoms with van der Waals surface area (Å²) in [5.74, 6) is 1.32. The Morgan fingerprint density at radius 2 is 1.82 bits per heavy atom. The lowest BCUT2D eigenvalue weighted by Crippen LogP contribution is -2.08. The lowest BCUT2D eigenvalue weighted by molar-refractivity contribution is 0.483. The fraction of sp³-hybridized carbons (Fsp3) is 0. The van der Waals surface area contributed by atoms with Gasteiger partial charge in [-0.05, 0) is 30.3 Å². The summed E-state index contributed by atoms with van der Waals surface area (Å²) in [6.45, 7) is 0. The van der Waals surface area contributed by atoms with Gasteiger partial charge in [0.1, 0.15) is 16.5 Å². The third kappa shape index (κ3) is 2.96. The molecule has 2 nitrogen and oxygen atoms in total. The van der Waals surface area contributed by atoms with Gasteiger partial charge in [0.2, 0.25) is 0 Å². The molecule has 0 aliphatic carbocycles. The standard InChI is InChI=1S/C13H10ClNOS/c14-11-8-9(13(15)17)6-7-12(11)16-10-4-2-1-3-5-10/h1-8H,(H2,15,17). The number of nitrogens with two attached hydrogens (primary N) is 1. The summed E-state index contributed by atoms with van der Waals surface area (Å²) in [4.78, 5) is 0.318. The third-order valence-corrected chi connectivity index (χ3v) is 2.72. The van der Waals surface area contributed by atoms with Crippen LogP contribution in [0.25, 0.3) is 0 Å². The Morgan fingerprint density at radius 3 is 2.41 bits per heavy atom. The molecule has 4 heteroatoms. The van der Waals surface area contributed by atoms with Crippen LogP contribution < -0.4 is 10.5 Å². The monoisotopic (exact) mass is 263 g/mol. The van der Waals surface area contributed by atoms with Crippen LogP contribution >= 0.6 is 23.8 Å². The number of para-hydroxylation sites is 1. The molecule has 0 fully saturated rings. The highest BCUT2D eigenvalue weighted by molar-refractivity contribution is 7.80. The average molecular weight is 264 g/mol. The first kappa shape index (κ1) is 11.9. The van der Waals surface area contributed by atoms with Crippen LogP contribution in [0, 0.1) is 0 Å². The van der Waals surface area contributed by atoms with Crippen molar-refractivity contribution >= 4 is 28.8 Å². The minimum absolute atomic E-state index is 0.318. The molecule has 0 radical (unpaired) electrons. The summed E-state index contributed by atoms with van der Waals surface area (Å²) >= 11 is 11.0. The molecule has 2 rings (SSSR count). The van der Waals surface area contributed by atoms with E-state index in [4.69, 9.17) is 34.3 Å². The van der Waals surface area contributed by atoms with E-state index in [-0.39, 0.29) is 0 Å². The molecule has 0 bridgehead atoms. The van der Waals surface area contributed by atoms with E-state index in [9.17, 15) is 0 Å². The summed E-state index contributed by atoms with van der Waals surface area (Å²) in [5.41, 5.74) is 6.24. The van der Waals surface area contributed by atoms with Crippen molar-refractivity contribution < 1.29 is 4.74 Å². The van der Waals surface area contributed by atoms with E-state index < -0.39 is 0 Å². The Hall–Kier alpha value is -1.58. The lowest BCUT2D eigenvalue weighted by atomic mass is 10.2. The predicted octanol–water partition coefficient (Wildman–Crippen LogP) is 3.77. The molecule has 0 unspecified atom stereocenters. The molecule has 0 saturated heterocycles. The van der Waals surface area contributed by atoms with Gasteiger partial charge < -0.3 is 10.5 Å². The molecule has 0 spiro atoms. The van der Waals surface area contributed by atoms with E-state index in [1.807, 2.05) is 30.3 Å². The second-order valence-electron chi connectivity index (χ2n) is 3.42. The van der Waals surface area contributed by atoms with Crippen LogP contribution in [0.2, 0.25) is 5.02 Å². The molecule has 2 aromatic rings. The molecule has 86 valence electrons. The highest BCUT2D eigenvalue weighted by Gasteiger charge is 2.05. The molecule has 2 aromatic carbocycles. The number of halogens is 1. The topological polar surface area (TPSA) is 35.2 Å². The largest absolute Gasteiger partial charge is 0.456 e. The molecular weight excluding hydrogens is 254 g/mol. The molecule has 17 heavy (non-hydrogen) atoms. The van der Waals surface area contributed by atoms with E-state index in [0.717, 1.165) is 11.3 Å². The van der Waals surface area contributed by atoms with Gasteiger partial charge in [0.15, 0.2) is 0 Å². The average Bonchev–Trinajstić information content (AvgIpc) is 2.33. The lowest BCUT2D eigenvalue weighted by Gasteiger charge is -2.08. The van der Waals surface area contributed by atoms with Crippen LogP contribution in [0.1, 0.15) is 5.56 Å². The third-order valence-electron chi connectivity index (χ3n) is 2.19. The second kappa shape index (κ2) is 5.17. The summed E-state index contributed by atoms with van der Waals surface area (Å²) < 4.78 is 5.63. The summed E-state index contributed by atoms with van der Waals surface area (Å²) in [5, 5.41) is 0.485. The van der Waals surface area contributed by atoms with E-state index in [1.165, 1.54) is 0 Å². The Morgan fingerprint density at radius 1 is 1.12 bits per heavy atom. The fourth-order valence-corrected chi connectivity index (χ4v) is 1.70. The first-order chi connectivity index (χ1) is 8.16. The highest BCUT2D eigenvalue weighted by Crippen LogP contribution is 2.29. The Kier molecular flexibility index (Phi) is 3.61. The van der Waals surface area contributed by atoms with Crippen molar-refractivity contribution in [3.05, 3.63) is 59.1 Å². The van der Waals surface area contributed by atoms with E-state index in [0.29, 0.717) is 15.8 Å². The normalized spacial score (nSPS) is 9.94. The zero-order valence-corrected chi connectivity index (χ0v) is 10.5. The number of hydrogen-bond donors (Lipinski definition) is 1. The van der Waals surface area contributed by atoms with E-state index >= 15 is 0 Å². The molecule has 0 aliphatic rings. The SMILES string of the molecule is NC(=S)c1ccc(Oc2ccccc2)c(Cl)c1. The van der Waals surface area contributed by atoms with Crippen molar-refractivity contribution in [2.75, 3.05) is 0 Å². The van der Waals surface area contributed by atoms with Gasteiger partial charge >= 0.3 is 0 Å². The number of thiocarbonyl (C=S) groups is 1. The Labute approximate surface area is 110 Å². The maximum Gasteiger partial charge on any atom is 0.146 e. The first-order valence-electron chi connectivity index (χ1n) is 4.99. The maximum absolute atomic E-state index is 6.08. The predicted molar refractivity (Wildman–Crippen MR) is 73.9 cm³/mol. The van der Waals surface area contributed by atoms with Crippen LogP contribution in [-0.2, 0) is 0 Å². The molecule has 0 heterocycles. The molecule has 0 saturated carbocycles. The Bertz CT molecular complexity index is 542. The highest BCUT2D eigenvalue weighted by atomic mass is 35.5. The van der Waals surface area contributed by atoms with Crippen LogP contribution in [0.3, 0.4) is 0 Å². The summed E-state index contributed by atoms with van der Waals surface area (Å²) in [6, 6.07) is 14.7. The minimum atomic E-state index is 0.318. The molecule has 0 amide bonds. The zero-order valence-electron chi connectivity index (χ0n) is 8.89. The number of rotatable bonds is 3. The maximum atomic E-state index is 6.08. The Balaban J connectivity index is 2.26. The smallest absolute Gasteiger partial charge is 0.146 e. The summed E-state index contributed by atoms with van der Waals surface area (Å²) in [7, 11) is 0. The van der Waals surface area contributed by atoms with Crippen LogP contribution in [0.4, 0.5) is 0 Å². The minimum Gasteiger partial charge on any atom is -0.456 e. The van der Waals surface area contributed by atoms with Crippen LogP contribution in [0.5, 0.6) is 11.5 Å². The van der Waals surface area contributed by atoms with E-state index in [1.54, 1.807) is 18.2 Å². The fourth-order valence-electron chi connectivity index (χ4n) is 1.35. The van der Waals surface area contributed by atoms with Crippen molar-refractivity contribution in [2.45, 2.75) is 0 Å². The van der Waals surface area contributed by atoms with Crippen molar-refractivity contribution in [2.24, 2.45) is 5.73 Å². The van der Waals surface area contributed by atoms with Crippen molar-refractivity contribution in [3.8, 4) is 11.5 Å². The molecular formula is C13H10ClNOS. The quantitative estimate of drug-likeness (QED) is 0.857. The van der Waals surface area contributed by atoms with Crippen LogP contribution in [0.15, 0.2) is 48.5 Å². The van der Waals surface area contributed by atoms with Gasteiger partial charge in [-0.3, -0.25) is 0 Å². The van der Waals surface area contributed by atoms with Gasteiger partial charge in [-0.25, -0.2) is 0 Å². The van der Waals surface area contributed by atoms with Gasteiger partial charge in [-0.1, -0.05) is 42.0 Å². The molecule has 2 N–H and O–H groups in total. The van der Waals surface area contributed by atoms with Crippen molar-refractivity contribution in [3.63, 3.8) is 0 Å². The van der Waals surface area contributed by atoms with E-state index in [2.05, 4.69) is 0 Å². The number of ether oxygens (including phenoxy) is 1. The number of hydrogen-bond acceptors (Lipinski definition) is 2. The first-order valence-corrected chi connectivity index (χ1v) is 5.77. The van der Waals surface area contributed by atoms with Gasteiger partial charge in [-0.15, -0.1) is 0 Å². The van der Waals surface area contributed by atoms with Crippen molar-refractivity contribution in [1.29, 1.82) is 0 Å². The summed E-state index contributed by atoms with van der Waals surface area (Å²) in [6.07, 6.45) is 0. The van der Waals surface area contributed by atoms with Crippen molar-refractivity contribution in [1.82, 2.24) is 0 Å². The molecule has 0 atom stereocenters.